The van der Waals surface area contributed by atoms with Gasteiger partial charge in [0.05, 0.1) is 0 Å². The molecule has 0 aromatic heterocycles. The van der Waals surface area contributed by atoms with Crippen molar-refractivity contribution in [2.45, 2.75) is 84.5 Å². The van der Waals surface area contributed by atoms with Gasteiger partial charge in [-0.3, -0.25) is 0 Å². The normalized spacial score (nSPS) is 12.6. The smallest absolute Gasteiger partial charge is 0.156 e. The Hall–Kier alpha value is -0.110. The van der Waals surface area contributed by atoms with E-state index in [2.05, 4.69) is 26.1 Å². The number of hydrogen-bond acceptors (Lipinski definition) is 1. The summed E-state index contributed by atoms with van der Waals surface area (Å²) in [6.45, 7) is 4.57. The lowest BCUT2D eigenvalue weighted by Crippen LogP contribution is -2.00. The van der Waals surface area contributed by atoms with E-state index in [1.54, 1.807) is 0 Å². The molecule has 102 valence electrons. The van der Waals surface area contributed by atoms with Gasteiger partial charge in [-0.1, -0.05) is 71.6 Å². The lowest BCUT2D eigenvalue weighted by molar-refractivity contribution is 0.384. The molecular formula is C15H30OS. The van der Waals surface area contributed by atoms with Gasteiger partial charge in [0.2, 0.25) is 0 Å². The minimum absolute atomic E-state index is 0.178. The first-order valence-corrected chi connectivity index (χ1v) is 7.83. The zero-order valence-corrected chi connectivity index (χ0v) is 12.5. The Kier molecular flexibility index (Phi) is 12.3. The number of hydrogen-bond donors (Lipinski definition) is 1. The molecule has 0 aliphatic rings. The Morgan fingerprint density at radius 2 is 1.53 bits per heavy atom. The summed E-state index contributed by atoms with van der Waals surface area (Å²) < 4.78 is 0. The van der Waals surface area contributed by atoms with E-state index in [1.165, 1.54) is 57.8 Å². The molecule has 0 aliphatic heterocycles. The fourth-order valence-corrected chi connectivity index (χ4v) is 2.54. The summed E-state index contributed by atoms with van der Waals surface area (Å²) in [6.07, 6.45) is 13.9. The molecule has 0 saturated carbocycles. The highest BCUT2D eigenvalue weighted by molar-refractivity contribution is 7.80. The van der Waals surface area contributed by atoms with Gasteiger partial charge in [-0.15, -0.1) is 0 Å². The van der Waals surface area contributed by atoms with E-state index in [-0.39, 0.29) is 5.05 Å². The van der Waals surface area contributed by atoms with Gasteiger partial charge in [-0.2, -0.15) is 0 Å². The largest absolute Gasteiger partial charge is 0.502 e. The number of aliphatic hydroxyl groups excluding tert-OH is 1. The van der Waals surface area contributed by atoms with Crippen molar-refractivity contribution in [2.24, 2.45) is 5.92 Å². The van der Waals surface area contributed by atoms with Gasteiger partial charge in [0.1, 0.15) is 0 Å². The maximum Gasteiger partial charge on any atom is 0.156 e. The Morgan fingerprint density at radius 1 is 0.882 bits per heavy atom. The molecule has 0 rings (SSSR count). The molecule has 1 atom stereocenters. The van der Waals surface area contributed by atoms with E-state index < -0.39 is 0 Å². The van der Waals surface area contributed by atoms with Crippen LogP contribution in [0.2, 0.25) is 0 Å². The topological polar surface area (TPSA) is 20.2 Å². The molecule has 0 bridgehead atoms. The fraction of sp³-hybridized carbons (Fsp3) is 0.933. The molecule has 2 heteroatoms. The van der Waals surface area contributed by atoms with Crippen LogP contribution >= 0.6 is 12.2 Å². The Balaban J connectivity index is 3.43. The van der Waals surface area contributed by atoms with Crippen LogP contribution in [0.4, 0.5) is 0 Å². The molecule has 17 heavy (non-hydrogen) atoms. The van der Waals surface area contributed by atoms with Crippen LogP contribution in [0.15, 0.2) is 0 Å². The first-order chi connectivity index (χ1) is 8.20. The Morgan fingerprint density at radius 3 is 2.12 bits per heavy atom. The average Bonchev–Trinajstić information content (AvgIpc) is 2.29. The highest BCUT2D eigenvalue weighted by Crippen LogP contribution is 2.21. The second kappa shape index (κ2) is 12.3. The Bertz CT molecular complexity index is 180. The third kappa shape index (κ3) is 12.1. The van der Waals surface area contributed by atoms with Gasteiger partial charge in [-0.25, -0.2) is 0 Å². The molecule has 0 fully saturated rings. The molecule has 1 N–H and O–H groups in total. The molecule has 0 saturated heterocycles. The van der Waals surface area contributed by atoms with Crippen molar-refractivity contribution in [2.75, 3.05) is 0 Å². The molecule has 0 aromatic carbocycles. The van der Waals surface area contributed by atoms with E-state index >= 15 is 0 Å². The van der Waals surface area contributed by atoms with Crippen molar-refractivity contribution in [3.05, 3.63) is 0 Å². The molecule has 0 heterocycles. The average molecular weight is 258 g/mol. The minimum Gasteiger partial charge on any atom is -0.502 e. The predicted molar refractivity (Wildman–Crippen MR) is 80.9 cm³/mol. The minimum atomic E-state index is 0.178. The molecule has 1 nitrogen and oxygen atoms in total. The highest BCUT2D eigenvalue weighted by atomic mass is 32.1. The van der Waals surface area contributed by atoms with Crippen molar-refractivity contribution in [3.63, 3.8) is 0 Å². The van der Waals surface area contributed by atoms with Crippen molar-refractivity contribution < 1.29 is 5.11 Å². The summed E-state index contributed by atoms with van der Waals surface area (Å²) in [5.74, 6) is 0.957. The number of unbranched alkanes of at least 4 members (excludes halogenated alkanes) is 4. The Labute approximate surface area is 113 Å². The molecule has 0 aliphatic carbocycles. The molecule has 1 unspecified atom stereocenters. The summed E-state index contributed by atoms with van der Waals surface area (Å²) in [5, 5.41) is 9.07. The van der Waals surface area contributed by atoms with Gasteiger partial charge < -0.3 is 5.11 Å². The third-order valence-electron chi connectivity index (χ3n) is 3.42. The molecule has 0 radical (unpaired) electrons. The van der Waals surface area contributed by atoms with Crippen LogP contribution in [0.5, 0.6) is 0 Å². The molecule has 0 amide bonds. The maximum absolute atomic E-state index is 8.90. The van der Waals surface area contributed by atoms with E-state index in [0.29, 0.717) is 6.42 Å². The first-order valence-electron chi connectivity index (χ1n) is 7.42. The summed E-state index contributed by atoms with van der Waals surface area (Å²) in [5.41, 5.74) is 0. The SMILES string of the molecule is CCCCC(CCC)CCCCCCC(O)=S. The van der Waals surface area contributed by atoms with Crippen LogP contribution in [0.25, 0.3) is 0 Å². The van der Waals surface area contributed by atoms with E-state index in [4.69, 9.17) is 5.11 Å². The van der Waals surface area contributed by atoms with Gasteiger partial charge >= 0.3 is 0 Å². The predicted octanol–water partition coefficient (Wildman–Crippen LogP) is 5.82. The molecule has 0 aromatic rings. The van der Waals surface area contributed by atoms with Gasteiger partial charge in [0.25, 0.3) is 0 Å². The van der Waals surface area contributed by atoms with Crippen LogP contribution < -0.4 is 0 Å². The van der Waals surface area contributed by atoms with Crippen molar-refractivity contribution >= 4 is 17.3 Å². The monoisotopic (exact) mass is 258 g/mol. The standard InChI is InChI=1S/C15H30OS/c1-3-5-11-14(10-4-2)12-8-6-7-9-13-15(16)17/h14H,3-13H2,1-2H3,(H,16,17). The highest BCUT2D eigenvalue weighted by Gasteiger charge is 2.06. The third-order valence-corrected chi connectivity index (χ3v) is 3.62. The van der Waals surface area contributed by atoms with Crippen LogP contribution in [-0.2, 0) is 0 Å². The van der Waals surface area contributed by atoms with Crippen LogP contribution in [0, 0.1) is 5.92 Å². The van der Waals surface area contributed by atoms with Crippen molar-refractivity contribution in [1.29, 1.82) is 0 Å². The van der Waals surface area contributed by atoms with Gasteiger partial charge in [-0.05, 0) is 24.6 Å². The molecular weight excluding hydrogens is 228 g/mol. The summed E-state index contributed by atoms with van der Waals surface area (Å²) in [6, 6.07) is 0. The summed E-state index contributed by atoms with van der Waals surface area (Å²) in [7, 11) is 0. The lowest BCUT2D eigenvalue weighted by atomic mass is 9.91. The van der Waals surface area contributed by atoms with E-state index in [0.717, 1.165) is 12.3 Å². The second-order valence-electron chi connectivity index (χ2n) is 5.14. The van der Waals surface area contributed by atoms with Crippen LogP contribution in [0.3, 0.4) is 0 Å². The van der Waals surface area contributed by atoms with Gasteiger partial charge in [0, 0.05) is 6.42 Å². The summed E-state index contributed by atoms with van der Waals surface area (Å²) >= 11 is 4.65. The first kappa shape index (κ1) is 16.9. The van der Waals surface area contributed by atoms with Crippen molar-refractivity contribution in [3.8, 4) is 0 Å². The number of rotatable bonds is 12. The van der Waals surface area contributed by atoms with E-state index in [1.807, 2.05) is 0 Å². The van der Waals surface area contributed by atoms with Crippen LogP contribution in [0.1, 0.15) is 84.5 Å². The maximum atomic E-state index is 8.90. The lowest BCUT2D eigenvalue weighted by Gasteiger charge is -2.15. The fourth-order valence-electron chi connectivity index (χ4n) is 2.40. The quantitative estimate of drug-likeness (QED) is 0.351. The van der Waals surface area contributed by atoms with E-state index in [9.17, 15) is 0 Å². The number of aliphatic hydroxyl groups is 1. The van der Waals surface area contributed by atoms with Crippen LogP contribution in [-0.4, -0.2) is 10.2 Å². The van der Waals surface area contributed by atoms with Gasteiger partial charge in [0.15, 0.2) is 5.05 Å². The number of thiocarbonyl (C=S) groups is 1. The second-order valence-corrected chi connectivity index (χ2v) is 5.61. The molecule has 0 spiro atoms. The van der Waals surface area contributed by atoms with Crippen molar-refractivity contribution in [1.82, 2.24) is 0 Å². The zero-order chi connectivity index (χ0) is 12.9. The zero-order valence-electron chi connectivity index (χ0n) is 11.7. The summed E-state index contributed by atoms with van der Waals surface area (Å²) in [4.78, 5) is 0.